The highest BCUT2D eigenvalue weighted by atomic mass is 16.5. The maximum atomic E-state index is 5.84. The largest absolute Gasteiger partial charge is 0.490 e. The average Bonchev–Trinajstić information content (AvgIpc) is 3.25. The van der Waals surface area contributed by atoms with Crippen molar-refractivity contribution in [2.75, 3.05) is 13.2 Å². The predicted octanol–water partition coefficient (Wildman–Crippen LogP) is 6.09. The summed E-state index contributed by atoms with van der Waals surface area (Å²) >= 11 is 0. The first-order valence-corrected chi connectivity index (χ1v) is 9.90. The molecular weight excluding hydrogens is 364 g/mol. The Morgan fingerprint density at radius 3 is 1.45 bits per heavy atom. The fourth-order valence-corrected chi connectivity index (χ4v) is 2.60. The molecule has 0 unspecified atom stereocenters. The summed E-state index contributed by atoms with van der Waals surface area (Å²) in [5.74, 6) is 2.56. The topological polar surface area (TPSA) is 57.4 Å². The third-order valence-electron chi connectivity index (χ3n) is 4.12. The molecule has 5 nitrogen and oxygen atoms in total. The standard InChI is InChI=1S/C24H26N2O3/c1-3-5-7-17-27-21-13-9-19(10-14-21)23-25-26-24(29-23)20-11-15-22(16-12-20)28-18-8-6-4-2/h5-16H,3-4,17-18H2,1-2H3. The highest BCUT2D eigenvalue weighted by Crippen LogP contribution is 2.26. The van der Waals surface area contributed by atoms with Crippen LogP contribution < -0.4 is 9.47 Å². The van der Waals surface area contributed by atoms with Gasteiger partial charge in [-0.2, -0.15) is 0 Å². The Bertz CT molecular complexity index is 850. The molecule has 1 aromatic heterocycles. The molecule has 3 aromatic rings. The maximum absolute atomic E-state index is 5.84. The quantitative estimate of drug-likeness (QED) is 0.392. The first-order valence-electron chi connectivity index (χ1n) is 9.90. The van der Waals surface area contributed by atoms with E-state index in [4.69, 9.17) is 13.9 Å². The minimum absolute atomic E-state index is 0.474. The molecule has 0 N–H and O–H groups in total. The van der Waals surface area contributed by atoms with E-state index < -0.39 is 0 Å². The van der Waals surface area contributed by atoms with Crippen LogP contribution in [0.25, 0.3) is 22.9 Å². The number of rotatable bonds is 10. The molecule has 1 heterocycles. The maximum Gasteiger partial charge on any atom is 0.248 e. The van der Waals surface area contributed by atoms with E-state index in [9.17, 15) is 0 Å². The van der Waals surface area contributed by atoms with Crippen molar-refractivity contribution in [3.05, 3.63) is 72.8 Å². The first-order chi connectivity index (χ1) is 14.3. The fraction of sp³-hybridized carbons (Fsp3) is 0.250. The second-order valence-corrected chi connectivity index (χ2v) is 6.34. The second kappa shape index (κ2) is 10.9. The molecule has 29 heavy (non-hydrogen) atoms. The molecule has 0 aliphatic rings. The van der Waals surface area contributed by atoms with E-state index in [1.54, 1.807) is 0 Å². The lowest BCUT2D eigenvalue weighted by atomic mass is 10.2. The van der Waals surface area contributed by atoms with Crippen molar-refractivity contribution in [3.8, 4) is 34.4 Å². The van der Waals surface area contributed by atoms with Gasteiger partial charge in [-0.25, -0.2) is 0 Å². The Labute approximate surface area is 171 Å². The highest BCUT2D eigenvalue weighted by molar-refractivity contribution is 5.59. The molecule has 0 aliphatic carbocycles. The summed E-state index contributed by atoms with van der Waals surface area (Å²) in [7, 11) is 0. The molecule has 3 rings (SSSR count). The molecule has 0 saturated heterocycles. The van der Waals surface area contributed by atoms with Crippen LogP contribution in [0.5, 0.6) is 11.5 Å². The number of allylic oxidation sites excluding steroid dienone is 2. The number of hydrogen-bond donors (Lipinski definition) is 0. The molecular formula is C24H26N2O3. The van der Waals surface area contributed by atoms with Crippen molar-refractivity contribution in [3.63, 3.8) is 0 Å². The molecule has 0 aliphatic heterocycles. The lowest BCUT2D eigenvalue weighted by Crippen LogP contribution is -1.92. The van der Waals surface area contributed by atoms with Crippen LogP contribution in [-0.2, 0) is 0 Å². The van der Waals surface area contributed by atoms with Gasteiger partial charge in [0, 0.05) is 11.1 Å². The predicted molar refractivity (Wildman–Crippen MR) is 115 cm³/mol. The zero-order valence-corrected chi connectivity index (χ0v) is 16.9. The zero-order valence-electron chi connectivity index (χ0n) is 16.9. The Balaban J connectivity index is 1.61. The highest BCUT2D eigenvalue weighted by Gasteiger charge is 2.11. The SMILES string of the molecule is CCC=CCOc1ccc(-c2nnc(-c3ccc(OCC=CCC)cc3)o2)cc1. The van der Waals surface area contributed by atoms with Gasteiger partial charge in [-0.3, -0.25) is 0 Å². The summed E-state index contributed by atoms with van der Waals surface area (Å²) in [6, 6.07) is 15.3. The summed E-state index contributed by atoms with van der Waals surface area (Å²) in [5.41, 5.74) is 1.70. The van der Waals surface area contributed by atoms with Crippen LogP contribution in [-0.4, -0.2) is 23.4 Å². The van der Waals surface area contributed by atoms with E-state index in [0.29, 0.717) is 25.0 Å². The van der Waals surface area contributed by atoms with Gasteiger partial charge in [0.15, 0.2) is 0 Å². The van der Waals surface area contributed by atoms with Gasteiger partial charge in [0.1, 0.15) is 24.7 Å². The Morgan fingerprint density at radius 1 is 0.655 bits per heavy atom. The molecule has 0 radical (unpaired) electrons. The first kappa shape index (κ1) is 20.4. The van der Waals surface area contributed by atoms with E-state index in [2.05, 4.69) is 36.2 Å². The van der Waals surface area contributed by atoms with Crippen LogP contribution in [0.4, 0.5) is 0 Å². The molecule has 0 bridgehead atoms. The van der Waals surface area contributed by atoms with Crippen LogP contribution in [0.3, 0.4) is 0 Å². The van der Waals surface area contributed by atoms with Crippen molar-refractivity contribution < 1.29 is 13.9 Å². The molecule has 0 atom stereocenters. The van der Waals surface area contributed by atoms with Gasteiger partial charge >= 0.3 is 0 Å². The lowest BCUT2D eigenvalue weighted by Gasteiger charge is -2.03. The summed E-state index contributed by atoms with van der Waals surface area (Å²) < 4.78 is 17.1. The van der Waals surface area contributed by atoms with Crippen LogP contribution in [0.15, 0.2) is 77.3 Å². The summed E-state index contributed by atoms with van der Waals surface area (Å²) in [5, 5.41) is 8.32. The molecule has 5 heteroatoms. The minimum atomic E-state index is 0.474. The van der Waals surface area contributed by atoms with Crippen LogP contribution in [0.1, 0.15) is 26.7 Å². The van der Waals surface area contributed by atoms with E-state index in [1.165, 1.54) is 0 Å². The Hall–Kier alpha value is -3.34. The smallest absolute Gasteiger partial charge is 0.248 e. The fourth-order valence-electron chi connectivity index (χ4n) is 2.60. The van der Waals surface area contributed by atoms with E-state index in [-0.39, 0.29) is 0 Å². The van der Waals surface area contributed by atoms with E-state index >= 15 is 0 Å². The van der Waals surface area contributed by atoms with E-state index in [1.807, 2.05) is 60.7 Å². The minimum Gasteiger partial charge on any atom is -0.490 e. The molecule has 0 saturated carbocycles. The molecule has 0 fully saturated rings. The molecule has 150 valence electrons. The van der Waals surface area contributed by atoms with Crippen LogP contribution in [0, 0.1) is 0 Å². The lowest BCUT2D eigenvalue weighted by molar-refractivity contribution is 0.362. The van der Waals surface area contributed by atoms with Crippen LogP contribution >= 0.6 is 0 Å². The van der Waals surface area contributed by atoms with E-state index in [0.717, 1.165) is 35.5 Å². The van der Waals surface area contributed by atoms with Gasteiger partial charge in [-0.1, -0.05) is 38.2 Å². The van der Waals surface area contributed by atoms with Crippen molar-refractivity contribution >= 4 is 0 Å². The monoisotopic (exact) mass is 390 g/mol. The molecule has 2 aromatic carbocycles. The van der Waals surface area contributed by atoms with Gasteiger partial charge in [-0.15, -0.1) is 10.2 Å². The van der Waals surface area contributed by atoms with Gasteiger partial charge in [0.05, 0.1) is 0 Å². The molecule has 0 spiro atoms. The third kappa shape index (κ3) is 6.07. The Kier molecular flexibility index (Phi) is 7.63. The normalized spacial score (nSPS) is 11.4. The van der Waals surface area contributed by atoms with Crippen molar-refractivity contribution in [1.82, 2.24) is 10.2 Å². The van der Waals surface area contributed by atoms with Crippen LogP contribution in [0.2, 0.25) is 0 Å². The van der Waals surface area contributed by atoms with Crippen molar-refractivity contribution in [1.29, 1.82) is 0 Å². The van der Waals surface area contributed by atoms with Gasteiger partial charge in [0.25, 0.3) is 0 Å². The van der Waals surface area contributed by atoms with Crippen molar-refractivity contribution in [2.45, 2.75) is 26.7 Å². The van der Waals surface area contributed by atoms with Crippen molar-refractivity contribution in [2.24, 2.45) is 0 Å². The summed E-state index contributed by atoms with van der Waals surface area (Å²) in [4.78, 5) is 0. The number of nitrogens with zero attached hydrogens (tertiary/aromatic N) is 2. The summed E-state index contributed by atoms with van der Waals surface area (Å²) in [6.45, 7) is 5.32. The number of hydrogen-bond acceptors (Lipinski definition) is 5. The number of aromatic nitrogens is 2. The molecule has 0 amide bonds. The van der Waals surface area contributed by atoms with Gasteiger partial charge in [0.2, 0.25) is 11.8 Å². The zero-order chi connectivity index (χ0) is 20.3. The summed E-state index contributed by atoms with van der Waals surface area (Å²) in [6.07, 6.45) is 10.2. The second-order valence-electron chi connectivity index (χ2n) is 6.34. The Morgan fingerprint density at radius 2 is 1.07 bits per heavy atom. The number of ether oxygens (including phenoxy) is 2. The van der Waals surface area contributed by atoms with Gasteiger partial charge < -0.3 is 13.9 Å². The van der Waals surface area contributed by atoms with Gasteiger partial charge in [-0.05, 0) is 61.4 Å². The number of benzene rings is 2. The third-order valence-corrected chi connectivity index (χ3v) is 4.12. The average molecular weight is 390 g/mol.